The van der Waals surface area contributed by atoms with Crippen molar-refractivity contribution in [3.63, 3.8) is 0 Å². The van der Waals surface area contributed by atoms with Crippen LogP contribution in [-0.2, 0) is 10.2 Å². The molecule has 3 aromatic rings. The molecule has 1 amide bonds. The predicted molar refractivity (Wildman–Crippen MR) is 98.0 cm³/mol. The highest BCUT2D eigenvalue weighted by Crippen LogP contribution is 2.41. The molecule has 1 aromatic heterocycles. The molecule has 2 N–H and O–H groups in total. The number of rotatable bonds is 5. The van der Waals surface area contributed by atoms with Crippen LogP contribution in [0.1, 0.15) is 31.2 Å². The Kier molecular flexibility index (Phi) is 4.77. The Balaban J connectivity index is 1.51. The molecular weight excluding hydrogens is 366 g/mol. The van der Waals surface area contributed by atoms with Gasteiger partial charge in [0.2, 0.25) is 11.7 Å². The van der Waals surface area contributed by atoms with E-state index in [0.717, 1.165) is 24.5 Å². The zero-order valence-electron chi connectivity index (χ0n) is 14.9. The van der Waals surface area contributed by atoms with Crippen molar-refractivity contribution in [1.29, 1.82) is 0 Å². The summed E-state index contributed by atoms with van der Waals surface area (Å²) in [4.78, 5) is 17.1. The third kappa shape index (κ3) is 3.45. The number of aromatic nitrogens is 2. The summed E-state index contributed by atoms with van der Waals surface area (Å²) in [7, 11) is 0. The maximum absolute atomic E-state index is 13.7. The quantitative estimate of drug-likeness (QED) is 0.651. The molecule has 6 nitrogen and oxygen atoms in total. The summed E-state index contributed by atoms with van der Waals surface area (Å²) in [6.45, 7) is 0. The molecule has 1 heterocycles. The Labute approximate surface area is 159 Å². The number of anilines is 1. The van der Waals surface area contributed by atoms with E-state index in [1.807, 2.05) is 30.3 Å². The van der Waals surface area contributed by atoms with Gasteiger partial charge in [0.15, 0.2) is 0 Å². The number of nitrogens with one attached hydrogen (secondary N) is 2. The van der Waals surface area contributed by atoms with Gasteiger partial charge >= 0.3 is 6.01 Å². The standard InChI is InChI=1S/C20H18F2N4O2/c21-15-10-14(11-16(22)12-15)20(8-4-5-9-20)18(27)24-25-19-23-17(26-28-19)13-6-2-1-3-7-13/h1-3,6-7,10-12H,4-5,8-9H2,(H,24,27)(H,23,25,26). The number of hydrogen-bond acceptors (Lipinski definition) is 5. The highest BCUT2D eigenvalue weighted by molar-refractivity contribution is 5.89. The lowest BCUT2D eigenvalue weighted by Gasteiger charge is -2.28. The smallest absolute Gasteiger partial charge is 0.313 e. The van der Waals surface area contributed by atoms with Crippen molar-refractivity contribution in [2.24, 2.45) is 0 Å². The summed E-state index contributed by atoms with van der Waals surface area (Å²) < 4.78 is 32.5. The van der Waals surface area contributed by atoms with Crippen LogP contribution in [0.3, 0.4) is 0 Å². The van der Waals surface area contributed by atoms with E-state index in [9.17, 15) is 13.6 Å². The van der Waals surface area contributed by atoms with E-state index in [1.54, 1.807) is 0 Å². The molecule has 0 bridgehead atoms. The summed E-state index contributed by atoms with van der Waals surface area (Å²) in [6.07, 6.45) is 2.60. The van der Waals surface area contributed by atoms with Crippen molar-refractivity contribution in [1.82, 2.24) is 15.6 Å². The Bertz CT molecular complexity index is 965. The third-order valence-corrected chi connectivity index (χ3v) is 5.05. The first-order chi connectivity index (χ1) is 13.6. The van der Waals surface area contributed by atoms with Crippen LogP contribution in [0.25, 0.3) is 11.4 Å². The first-order valence-corrected chi connectivity index (χ1v) is 8.99. The number of hydrogen-bond donors (Lipinski definition) is 2. The van der Waals surface area contributed by atoms with Gasteiger partial charge in [-0.3, -0.25) is 10.2 Å². The fourth-order valence-electron chi connectivity index (χ4n) is 3.66. The molecule has 0 aliphatic heterocycles. The summed E-state index contributed by atoms with van der Waals surface area (Å²) in [5.74, 6) is -1.42. The van der Waals surface area contributed by atoms with Crippen LogP contribution in [0.2, 0.25) is 0 Å². The second-order valence-electron chi connectivity index (χ2n) is 6.82. The Morgan fingerprint density at radius 2 is 1.71 bits per heavy atom. The van der Waals surface area contributed by atoms with Crippen molar-refractivity contribution < 1.29 is 18.1 Å². The van der Waals surface area contributed by atoms with Crippen LogP contribution in [0.15, 0.2) is 53.1 Å². The topological polar surface area (TPSA) is 80.0 Å². The van der Waals surface area contributed by atoms with Gasteiger partial charge in [0, 0.05) is 11.6 Å². The van der Waals surface area contributed by atoms with Crippen LogP contribution in [-0.4, -0.2) is 16.0 Å². The molecule has 1 aliphatic rings. The Morgan fingerprint density at radius 3 is 2.39 bits per heavy atom. The van der Waals surface area contributed by atoms with Crippen molar-refractivity contribution >= 4 is 11.9 Å². The molecular formula is C20H18F2N4O2. The summed E-state index contributed by atoms with van der Waals surface area (Å²) in [6, 6.07) is 12.5. The number of carbonyl (C=O) groups excluding carboxylic acids is 1. The molecule has 28 heavy (non-hydrogen) atoms. The zero-order valence-corrected chi connectivity index (χ0v) is 14.9. The van der Waals surface area contributed by atoms with Crippen molar-refractivity contribution in [2.75, 3.05) is 5.43 Å². The van der Waals surface area contributed by atoms with Crippen molar-refractivity contribution in [2.45, 2.75) is 31.1 Å². The van der Waals surface area contributed by atoms with Gasteiger partial charge in [0.1, 0.15) is 11.6 Å². The maximum atomic E-state index is 13.7. The van der Waals surface area contributed by atoms with Crippen LogP contribution in [0.5, 0.6) is 0 Å². The monoisotopic (exact) mass is 384 g/mol. The normalized spacial score (nSPS) is 15.4. The fraction of sp³-hybridized carbons (Fsp3) is 0.250. The molecule has 0 unspecified atom stereocenters. The molecule has 0 atom stereocenters. The minimum absolute atomic E-state index is 0.0192. The average Bonchev–Trinajstić information content (AvgIpc) is 3.37. The largest absolute Gasteiger partial charge is 0.340 e. The van der Waals surface area contributed by atoms with Gasteiger partial charge < -0.3 is 4.52 Å². The molecule has 1 saturated carbocycles. The number of carbonyl (C=O) groups is 1. The first kappa shape index (κ1) is 18.1. The van der Waals surface area contributed by atoms with E-state index in [0.29, 0.717) is 24.2 Å². The molecule has 0 spiro atoms. The zero-order chi connectivity index (χ0) is 19.6. The molecule has 2 aromatic carbocycles. The molecule has 0 saturated heterocycles. The van der Waals surface area contributed by atoms with E-state index in [2.05, 4.69) is 21.0 Å². The van der Waals surface area contributed by atoms with Gasteiger partial charge in [-0.05, 0) is 30.5 Å². The number of hydrazine groups is 1. The van der Waals surface area contributed by atoms with Gasteiger partial charge in [0.05, 0.1) is 5.41 Å². The Morgan fingerprint density at radius 1 is 1.04 bits per heavy atom. The van der Waals surface area contributed by atoms with Crippen molar-refractivity contribution in [3.8, 4) is 11.4 Å². The van der Waals surface area contributed by atoms with Crippen molar-refractivity contribution in [3.05, 3.63) is 65.7 Å². The number of benzene rings is 2. The van der Waals surface area contributed by atoms with Gasteiger partial charge in [-0.15, -0.1) is 0 Å². The summed E-state index contributed by atoms with van der Waals surface area (Å²) in [5, 5.41) is 3.86. The third-order valence-electron chi connectivity index (χ3n) is 5.05. The molecule has 1 fully saturated rings. The first-order valence-electron chi connectivity index (χ1n) is 8.99. The number of halogens is 2. The molecule has 144 valence electrons. The van der Waals surface area contributed by atoms with E-state index in [4.69, 9.17) is 4.52 Å². The van der Waals surface area contributed by atoms with Gasteiger partial charge in [-0.25, -0.2) is 14.2 Å². The highest BCUT2D eigenvalue weighted by Gasteiger charge is 2.43. The average molecular weight is 384 g/mol. The molecule has 8 heteroatoms. The number of nitrogens with zero attached hydrogens (tertiary/aromatic N) is 2. The maximum Gasteiger partial charge on any atom is 0.340 e. The fourth-order valence-corrected chi connectivity index (χ4v) is 3.66. The highest BCUT2D eigenvalue weighted by atomic mass is 19.1. The van der Waals surface area contributed by atoms with E-state index in [-0.39, 0.29) is 6.01 Å². The lowest BCUT2D eigenvalue weighted by Crippen LogP contribution is -2.45. The van der Waals surface area contributed by atoms with Gasteiger partial charge in [0.25, 0.3) is 0 Å². The second-order valence-corrected chi connectivity index (χ2v) is 6.82. The summed E-state index contributed by atoms with van der Waals surface area (Å²) in [5.41, 5.74) is 5.26. The number of amides is 1. The van der Waals surface area contributed by atoms with Crippen LogP contribution in [0.4, 0.5) is 14.8 Å². The van der Waals surface area contributed by atoms with Crippen LogP contribution < -0.4 is 10.9 Å². The van der Waals surface area contributed by atoms with Crippen LogP contribution >= 0.6 is 0 Å². The van der Waals surface area contributed by atoms with E-state index < -0.39 is 23.0 Å². The van der Waals surface area contributed by atoms with E-state index >= 15 is 0 Å². The minimum atomic E-state index is -1.00. The van der Waals surface area contributed by atoms with Crippen LogP contribution in [0, 0.1) is 11.6 Å². The SMILES string of the molecule is O=C(NNc1nc(-c2ccccc2)no1)C1(c2cc(F)cc(F)c2)CCCC1. The molecule has 4 rings (SSSR count). The molecule has 0 radical (unpaired) electrons. The minimum Gasteiger partial charge on any atom is -0.313 e. The van der Waals surface area contributed by atoms with Gasteiger partial charge in [-0.2, -0.15) is 4.98 Å². The Hall–Kier alpha value is -3.29. The lowest BCUT2D eigenvalue weighted by molar-refractivity contribution is -0.126. The van der Waals surface area contributed by atoms with Gasteiger partial charge in [-0.1, -0.05) is 48.3 Å². The van der Waals surface area contributed by atoms with E-state index in [1.165, 1.54) is 12.1 Å². The summed E-state index contributed by atoms with van der Waals surface area (Å²) >= 11 is 0. The lowest BCUT2D eigenvalue weighted by atomic mass is 9.78. The second kappa shape index (κ2) is 7.38. The molecule has 1 aliphatic carbocycles. The predicted octanol–water partition coefficient (Wildman–Crippen LogP) is 3.97.